The third-order valence-corrected chi connectivity index (χ3v) is 3.95. The van der Waals surface area contributed by atoms with Crippen LogP contribution in [0.5, 0.6) is 0 Å². The molecule has 1 saturated heterocycles. The molecule has 21 heavy (non-hydrogen) atoms. The molecule has 2 aliphatic heterocycles. The van der Waals surface area contributed by atoms with Crippen molar-refractivity contribution in [3.63, 3.8) is 0 Å². The number of nitrogens with zero attached hydrogens (tertiary/aromatic N) is 2. The topological polar surface area (TPSA) is 69.7 Å². The lowest BCUT2D eigenvalue weighted by molar-refractivity contribution is -0.136. The molecule has 0 bridgehead atoms. The normalized spacial score (nSPS) is 21.5. The average Bonchev–Trinajstić information content (AvgIpc) is 3.02. The van der Waals surface area contributed by atoms with Crippen molar-refractivity contribution in [1.82, 2.24) is 15.1 Å². The number of nitrogens with one attached hydrogen (secondary N) is 1. The first kappa shape index (κ1) is 15.5. The summed E-state index contributed by atoms with van der Waals surface area (Å²) in [7, 11) is 0. The third kappa shape index (κ3) is 4.31. The Bertz CT molecular complexity index is 429. The second-order valence-corrected chi connectivity index (χ2v) is 5.79. The molecule has 0 unspecified atom stereocenters. The molecule has 0 aromatic carbocycles. The van der Waals surface area contributed by atoms with Crippen LogP contribution >= 0.6 is 0 Å². The lowest BCUT2D eigenvalue weighted by Gasteiger charge is -2.17. The zero-order chi connectivity index (χ0) is 15.2. The van der Waals surface area contributed by atoms with Gasteiger partial charge in [-0.15, -0.1) is 0 Å². The van der Waals surface area contributed by atoms with E-state index in [-0.39, 0.29) is 17.8 Å². The maximum atomic E-state index is 11.8. The molecule has 1 atom stereocenters. The number of hydrogen-bond acceptors (Lipinski definition) is 3. The summed E-state index contributed by atoms with van der Waals surface area (Å²) in [5.41, 5.74) is 0. The number of rotatable bonds is 6. The molecule has 2 rings (SSSR count). The molecule has 1 fully saturated rings. The summed E-state index contributed by atoms with van der Waals surface area (Å²) in [6.07, 6.45) is 6.21. The van der Waals surface area contributed by atoms with E-state index in [4.69, 9.17) is 0 Å². The Labute approximate surface area is 125 Å². The van der Waals surface area contributed by atoms with Crippen LogP contribution in [-0.4, -0.2) is 53.8 Å². The molecular formula is C15H23N3O3. The number of likely N-dealkylation sites (tertiary alicyclic amines) is 1. The van der Waals surface area contributed by atoms with Crippen molar-refractivity contribution < 1.29 is 14.4 Å². The Morgan fingerprint density at radius 2 is 1.95 bits per heavy atom. The zero-order valence-corrected chi connectivity index (χ0v) is 12.5. The lowest BCUT2D eigenvalue weighted by Crippen LogP contribution is -2.38. The molecule has 2 aliphatic rings. The first-order chi connectivity index (χ1) is 10.1. The molecule has 2 heterocycles. The number of hydrogen-bond donors (Lipinski definition) is 1. The van der Waals surface area contributed by atoms with Crippen LogP contribution < -0.4 is 5.32 Å². The minimum atomic E-state index is -0.226. The molecule has 0 spiro atoms. The summed E-state index contributed by atoms with van der Waals surface area (Å²) in [5.74, 6) is 0.146. The number of unbranched alkanes of at least 4 members (excludes halogenated alkanes) is 2. The van der Waals surface area contributed by atoms with Crippen molar-refractivity contribution >= 4 is 17.8 Å². The summed E-state index contributed by atoms with van der Waals surface area (Å²) in [5, 5.41) is 2.92. The van der Waals surface area contributed by atoms with E-state index in [9.17, 15) is 14.4 Å². The van der Waals surface area contributed by atoms with E-state index < -0.39 is 0 Å². The van der Waals surface area contributed by atoms with Gasteiger partial charge in [0, 0.05) is 38.3 Å². The highest BCUT2D eigenvalue weighted by molar-refractivity contribution is 6.12. The van der Waals surface area contributed by atoms with Crippen molar-refractivity contribution in [1.29, 1.82) is 0 Å². The molecule has 4 amide bonds. The second-order valence-electron chi connectivity index (χ2n) is 5.79. The standard InChI is InChI=1S/C15H23N3O3/c1-12-7-10-17(11-12)15(21)16-8-3-2-4-9-18-13(19)5-6-14(18)20/h5-6,12H,2-4,7-11H2,1H3,(H,16,21)/t12-/m0/s1. The van der Waals surface area contributed by atoms with Crippen molar-refractivity contribution in [3.05, 3.63) is 12.2 Å². The van der Waals surface area contributed by atoms with Crippen LogP contribution in [0.25, 0.3) is 0 Å². The van der Waals surface area contributed by atoms with Gasteiger partial charge >= 0.3 is 6.03 Å². The van der Waals surface area contributed by atoms with Gasteiger partial charge in [0.25, 0.3) is 11.8 Å². The highest BCUT2D eigenvalue weighted by Crippen LogP contribution is 2.14. The van der Waals surface area contributed by atoms with Crippen molar-refractivity contribution in [2.45, 2.75) is 32.6 Å². The number of carbonyl (C=O) groups excluding carboxylic acids is 3. The molecule has 0 aromatic rings. The minimum Gasteiger partial charge on any atom is -0.338 e. The summed E-state index contributed by atoms with van der Waals surface area (Å²) in [6, 6.07) is 0.0217. The first-order valence-corrected chi connectivity index (χ1v) is 7.64. The highest BCUT2D eigenvalue weighted by atomic mass is 16.2. The fourth-order valence-corrected chi connectivity index (χ4v) is 2.65. The van der Waals surface area contributed by atoms with E-state index in [1.54, 1.807) is 0 Å². The van der Waals surface area contributed by atoms with Gasteiger partial charge in [-0.05, 0) is 31.6 Å². The Kier molecular flexibility index (Phi) is 5.36. The number of carbonyl (C=O) groups is 3. The maximum absolute atomic E-state index is 11.8. The van der Waals surface area contributed by atoms with E-state index >= 15 is 0 Å². The fraction of sp³-hybridized carbons (Fsp3) is 0.667. The smallest absolute Gasteiger partial charge is 0.317 e. The van der Waals surface area contributed by atoms with Crippen molar-refractivity contribution in [2.75, 3.05) is 26.2 Å². The van der Waals surface area contributed by atoms with Gasteiger partial charge in [0.15, 0.2) is 0 Å². The second kappa shape index (κ2) is 7.24. The number of imide groups is 1. The fourth-order valence-electron chi connectivity index (χ4n) is 2.65. The van der Waals surface area contributed by atoms with Crippen LogP contribution in [-0.2, 0) is 9.59 Å². The average molecular weight is 293 g/mol. The van der Waals surface area contributed by atoms with E-state index in [1.807, 2.05) is 4.90 Å². The summed E-state index contributed by atoms with van der Waals surface area (Å²) in [4.78, 5) is 37.6. The van der Waals surface area contributed by atoms with E-state index in [2.05, 4.69) is 12.2 Å². The van der Waals surface area contributed by atoms with Gasteiger partial charge in [-0.1, -0.05) is 6.92 Å². The molecule has 0 aromatic heterocycles. The molecular weight excluding hydrogens is 270 g/mol. The Morgan fingerprint density at radius 3 is 2.57 bits per heavy atom. The van der Waals surface area contributed by atoms with E-state index in [1.165, 1.54) is 17.1 Å². The first-order valence-electron chi connectivity index (χ1n) is 7.64. The number of amides is 4. The quantitative estimate of drug-likeness (QED) is 0.589. The number of urea groups is 1. The Morgan fingerprint density at radius 1 is 1.24 bits per heavy atom. The zero-order valence-electron chi connectivity index (χ0n) is 12.5. The summed E-state index contributed by atoms with van der Waals surface area (Å²) < 4.78 is 0. The van der Waals surface area contributed by atoms with Crippen LogP contribution in [0.1, 0.15) is 32.6 Å². The van der Waals surface area contributed by atoms with Gasteiger partial charge in [0.05, 0.1) is 0 Å². The van der Waals surface area contributed by atoms with Gasteiger partial charge in [0.2, 0.25) is 0 Å². The van der Waals surface area contributed by atoms with Crippen molar-refractivity contribution in [3.8, 4) is 0 Å². The van der Waals surface area contributed by atoms with Crippen molar-refractivity contribution in [2.24, 2.45) is 5.92 Å². The molecule has 0 aliphatic carbocycles. The SMILES string of the molecule is C[C@H]1CCN(C(=O)NCCCCCN2C(=O)C=CC2=O)C1. The molecule has 0 radical (unpaired) electrons. The van der Waals surface area contributed by atoms with E-state index in [0.29, 0.717) is 19.0 Å². The molecule has 6 nitrogen and oxygen atoms in total. The van der Waals surface area contributed by atoms with Gasteiger partial charge < -0.3 is 10.2 Å². The van der Waals surface area contributed by atoms with Crippen LogP contribution in [0.2, 0.25) is 0 Å². The van der Waals surface area contributed by atoms with Gasteiger partial charge in [-0.25, -0.2) is 4.79 Å². The van der Waals surface area contributed by atoms with Crippen LogP contribution in [0.4, 0.5) is 4.79 Å². The van der Waals surface area contributed by atoms with Gasteiger partial charge in [0.1, 0.15) is 0 Å². The molecule has 116 valence electrons. The van der Waals surface area contributed by atoms with E-state index in [0.717, 1.165) is 38.8 Å². The third-order valence-electron chi connectivity index (χ3n) is 3.95. The van der Waals surface area contributed by atoms with Gasteiger partial charge in [-0.2, -0.15) is 0 Å². The monoisotopic (exact) mass is 293 g/mol. The summed E-state index contributed by atoms with van der Waals surface area (Å²) in [6.45, 7) is 4.95. The largest absolute Gasteiger partial charge is 0.338 e. The maximum Gasteiger partial charge on any atom is 0.317 e. The lowest BCUT2D eigenvalue weighted by atomic mass is 10.2. The van der Waals surface area contributed by atoms with Crippen LogP contribution in [0, 0.1) is 5.92 Å². The molecule has 0 saturated carbocycles. The van der Waals surface area contributed by atoms with Gasteiger partial charge in [-0.3, -0.25) is 14.5 Å². The minimum absolute atomic E-state index is 0.0217. The van der Waals surface area contributed by atoms with Crippen LogP contribution in [0.15, 0.2) is 12.2 Å². The summed E-state index contributed by atoms with van der Waals surface area (Å²) >= 11 is 0. The van der Waals surface area contributed by atoms with Crippen LogP contribution in [0.3, 0.4) is 0 Å². The predicted octanol–water partition coefficient (Wildman–Crippen LogP) is 1.13. The highest BCUT2D eigenvalue weighted by Gasteiger charge is 2.23. The molecule has 6 heteroatoms. The predicted molar refractivity (Wildman–Crippen MR) is 78.5 cm³/mol. The molecule has 1 N–H and O–H groups in total. The Balaban J connectivity index is 1.51. The Hall–Kier alpha value is -1.85.